The summed E-state index contributed by atoms with van der Waals surface area (Å²) in [7, 11) is -3.53. The van der Waals surface area contributed by atoms with Crippen molar-refractivity contribution in [3.63, 3.8) is 0 Å². The Labute approximate surface area is 124 Å². The zero-order valence-electron chi connectivity index (χ0n) is 11.4. The van der Waals surface area contributed by atoms with Gasteiger partial charge in [-0.15, -0.1) is 0 Å². The van der Waals surface area contributed by atoms with E-state index in [-0.39, 0.29) is 15.8 Å². The summed E-state index contributed by atoms with van der Waals surface area (Å²) < 4.78 is 38.6. The third kappa shape index (κ3) is 3.00. The monoisotopic (exact) mass is 319 g/mol. The highest BCUT2D eigenvalue weighted by Crippen LogP contribution is 2.36. The van der Waals surface area contributed by atoms with Crippen molar-refractivity contribution in [1.82, 2.24) is 0 Å². The van der Waals surface area contributed by atoms with E-state index in [2.05, 4.69) is 0 Å². The second kappa shape index (κ2) is 6.00. The van der Waals surface area contributed by atoms with Crippen LogP contribution >= 0.6 is 11.6 Å². The van der Waals surface area contributed by atoms with Crippen molar-refractivity contribution in [3.8, 4) is 0 Å². The quantitative estimate of drug-likeness (QED) is 0.871. The van der Waals surface area contributed by atoms with Crippen LogP contribution in [-0.4, -0.2) is 20.2 Å². The largest absolute Gasteiger partial charge is 0.330 e. The number of halogens is 2. The molecular formula is C14H19ClFNO2S. The molecule has 1 aromatic rings. The smallest absolute Gasteiger partial charge is 0.181 e. The molecule has 0 spiro atoms. The Morgan fingerprint density at radius 1 is 1.40 bits per heavy atom. The molecule has 0 aromatic heterocycles. The fourth-order valence-corrected chi connectivity index (χ4v) is 5.34. The zero-order valence-corrected chi connectivity index (χ0v) is 12.9. The minimum atomic E-state index is -3.53. The van der Waals surface area contributed by atoms with Crippen molar-refractivity contribution >= 4 is 21.4 Å². The molecule has 0 amide bonds. The molecule has 0 saturated heterocycles. The molecule has 1 fully saturated rings. The van der Waals surface area contributed by atoms with Crippen LogP contribution in [0.15, 0.2) is 23.1 Å². The van der Waals surface area contributed by atoms with Gasteiger partial charge >= 0.3 is 0 Å². The lowest BCUT2D eigenvalue weighted by atomic mass is 9.82. The maximum Gasteiger partial charge on any atom is 0.181 e. The van der Waals surface area contributed by atoms with Crippen LogP contribution in [-0.2, 0) is 9.84 Å². The van der Waals surface area contributed by atoms with Crippen molar-refractivity contribution in [2.24, 2.45) is 17.6 Å². The van der Waals surface area contributed by atoms with E-state index >= 15 is 0 Å². The highest BCUT2D eigenvalue weighted by atomic mass is 35.5. The lowest BCUT2D eigenvalue weighted by molar-refractivity contribution is 0.296. The number of hydrogen-bond acceptors (Lipinski definition) is 3. The second-order valence-corrected chi connectivity index (χ2v) is 8.15. The number of nitrogens with two attached hydrogens (primary N) is 1. The Morgan fingerprint density at radius 3 is 2.70 bits per heavy atom. The maximum absolute atomic E-state index is 13.2. The molecule has 3 atom stereocenters. The minimum Gasteiger partial charge on any atom is -0.330 e. The lowest BCUT2D eigenvalue weighted by Crippen LogP contribution is -2.39. The second-order valence-electron chi connectivity index (χ2n) is 5.57. The van der Waals surface area contributed by atoms with Gasteiger partial charge < -0.3 is 5.73 Å². The van der Waals surface area contributed by atoms with Crippen LogP contribution in [0.3, 0.4) is 0 Å². The van der Waals surface area contributed by atoms with E-state index in [9.17, 15) is 12.8 Å². The Balaban J connectivity index is 2.39. The molecule has 0 heterocycles. The molecule has 112 valence electrons. The molecule has 6 heteroatoms. The summed E-state index contributed by atoms with van der Waals surface area (Å²) in [5, 5.41) is -0.669. The predicted molar refractivity (Wildman–Crippen MR) is 77.9 cm³/mol. The molecule has 2 N–H and O–H groups in total. The van der Waals surface area contributed by atoms with Crippen molar-refractivity contribution in [3.05, 3.63) is 29.0 Å². The van der Waals surface area contributed by atoms with Crippen LogP contribution in [0, 0.1) is 17.7 Å². The molecule has 1 aromatic carbocycles. The first kappa shape index (κ1) is 15.7. The molecule has 3 unspecified atom stereocenters. The van der Waals surface area contributed by atoms with Crippen LogP contribution in [0.4, 0.5) is 4.39 Å². The molecule has 0 aliphatic heterocycles. The average Bonchev–Trinajstić information content (AvgIpc) is 2.41. The van der Waals surface area contributed by atoms with Gasteiger partial charge in [-0.2, -0.15) is 0 Å². The number of benzene rings is 1. The van der Waals surface area contributed by atoms with E-state index in [0.717, 1.165) is 18.9 Å². The number of rotatable bonds is 3. The Bertz CT molecular complexity index is 591. The molecule has 1 aliphatic rings. The normalized spacial score (nSPS) is 27.5. The van der Waals surface area contributed by atoms with Gasteiger partial charge in [-0.1, -0.05) is 24.9 Å². The first-order valence-electron chi connectivity index (χ1n) is 6.75. The third-order valence-corrected chi connectivity index (χ3v) is 6.69. The Morgan fingerprint density at radius 2 is 2.10 bits per heavy atom. The van der Waals surface area contributed by atoms with Gasteiger partial charge in [0.2, 0.25) is 0 Å². The van der Waals surface area contributed by atoms with E-state index < -0.39 is 20.9 Å². The van der Waals surface area contributed by atoms with Gasteiger partial charge in [0.25, 0.3) is 0 Å². The summed E-state index contributed by atoms with van der Waals surface area (Å²) in [5.74, 6) is -0.300. The summed E-state index contributed by atoms with van der Waals surface area (Å²) in [6.07, 6.45) is 2.41. The van der Waals surface area contributed by atoms with Crippen LogP contribution in [0.25, 0.3) is 0 Å². The fourth-order valence-electron chi connectivity index (χ4n) is 2.87. The van der Waals surface area contributed by atoms with Crippen molar-refractivity contribution in [2.75, 3.05) is 6.54 Å². The summed E-state index contributed by atoms with van der Waals surface area (Å²) in [5.41, 5.74) is 5.72. The number of hydrogen-bond donors (Lipinski definition) is 1. The summed E-state index contributed by atoms with van der Waals surface area (Å²) in [6.45, 7) is 2.40. The summed E-state index contributed by atoms with van der Waals surface area (Å²) in [6, 6.07) is 3.57. The molecule has 20 heavy (non-hydrogen) atoms. The molecule has 1 aliphatic carbocycles. The molecule has 3 nitrogen and oxygen atoms in total. The van der Waals surface area contributed by atoms with Gasteiger partial charge in [0.05, 0.1) is 15.2 Å². The highest BCUT2D eigenvalue weighted by Gasteiger charge is 2.38. The minimum absolute atomic E-state index is 0.0416. The van der Waals surface area contributed by atoms with Crippen LogP contribution in [0.2, 0.25) is 5.02 Å². The van der Waals surface area contributed by atoms with Crippen LogP contribution < -0.4 is 5.73 Å². The van der Waals surface area contributed by atoms with Crippen molar-refractivity contribution < 1.29 is 12.8 Å². The van der Waals surface area contributed by atoms with Gasteiger partial charge in [-0.05, 0) is 49.4 Å². The molecular weight excluding hydrogens is 301 g/mol. The molecule has 0 radical (unpaired) electrons. The average molecular weight is 320 g/mol. The van der Waals surface area contributed by atoms with Crippen LogP contribution in [0.5, 0.6) is 0 Å². The topological polar surface area (TPSA) is 60.2 Å². The molecule has 2 rings (SSSR count). The van der Waals surface area contributed by atoms with E-state index in [1.165, 1.54) is 12.1 Å². The van der Waals surface area contributed by atoms with Gasteiger partial charge in [-0.25, -0.2) is 12.8 Å². The Kier molecular flexibility index (Phi) is 4.72. The standard InChI is InChI=1S/C14H19ClFNO2S/c1-9-2-3-10(8-17)14(6-9)20(18,19)11-4-5-13(16)12(15)7-11/h4-5,7,9-10,14H,2-3,6,8,17H2,1H3. The summed E-state index contributed by atoms with van der Waals surface area (Å²) in [4.78, 5) is 0.0847. The van der Waals surface area contributed by atoms with E-state index in [1.54, 1.807) is 0 Å². The predicted octanol–water partition coefficient (Wildman–Crippen LogP) is 3.02. The Hall–Kier alpha value is -0.650. The first-order chi connectivity index (χ1) is 9.36. The van der Waals surface area contributed by atoms with E-state index in [0.29, 0.717) is 18.9 Å². The van der Waals surface area contributed by atoms with Gasteiger partial charge in [-0.3, -0.25) is 0 Å². The maximum atomic E-state index is 13.2. The summed E-state index contributed by atoms with van der Waals surface area (Å²) >= 11 is 5.69. The van der Waals surface area contributed by atoms with E-state index in [1.807, 2.05) is 6.92 Å². The van der Waals surface area contributed by atoms with Crippen LogP contribution in [0.1, 0.15) is 26.2 Å². The van der Waals surface area contributed by atoms with E-state index in [4.69, 9.17) is 17.3 Å². The zero-order chi connectivity index (χ0) is 14.9. The van der Waals surface area contributed by atoms with Gasteiger partial charge in [0.1, 0.15) is 5.82 Å². The van der Waals surface area contributed by atoms with Gasteiger partial charge in [0, 0.05) is 0 Å². The lowest BCUT2D eigenvalue weighted by Gasteiger charge is -2.33. The third-order valence-electron chi connectivity index (χ3n) is 4.11. The van der Waals surface area contributed by atoms with Gasteiger partial charge in [0.15, 0.2) is 9.84 Å². The SMILES string of the molecule is CC1CCC(CN)C(S(=O)(=O)c2ccc(F)c(Cl)c2)C1. The highest BCUT2D eigenvalue weighted by molar-refractivity contribution is 7.92. The molecule has 0 bridgehead atoms. The molecule has 1 saturated carbocycles. The van der Waals surface area contributed by atoms with Crippen molar-refractivity contribution in [1.29, 1.82) is 0 Å². The number of sulfone groups is 1. The fraction of sp³-hybridized carbons (Fsp3) is 0.571. The first-order valence-corrected chi connectivity index (χ1v) is 8.67. The van der Waals surface area contributed by atoms with Crippen molar-refractivity contribution in [2.45, 2.75) is 36.3 Å².